The molecule has 0 spiro atoms. The van der Waals surface area contributed by atoms with Crippen LogP contribution < -0.4 is 4.74 Å². The molecule has 0 N–H and O–H groups in total. The van der Waals surface area contributed by atoms with Gasteiger partial charge in [0.15, 0.2) is 5.84 Å². The molecule has 0 amide bonds. The summed E-state index contributed by atoms with van der Waals surface area (Å²) in [4.78, 5) is 26.2. The number of hydrogen-bond acceptors (Lipinski definition) is 7. The zero-order valence-electron chi connectivity index (χ0n) is 16.3. The molecule has 2 heterocycles. The lowest BCUT2D eigenvalue weighted by Crippen LogP contribution is -2.43. The first-order chi connectivity index (χ1) is 14.4. The third kappa shape index (κ3) is 3.80. The first kappa shape index (κ1) is 20.1. The molecule has 4 rings (SSSR count). The van der Waals surface area contributed by atoms with Crippen molar-refractivity contribution in [2.45, 2.75) is 17.7 Å². The Morgan fingerprint density at radius 3 is 2.57 bits per heavy atom. The first-order valence-electron chi connectivity index (χ1n) is 9.48. The fourth-order valence-electron chi connectivity index (χ4n) is 3.65. The second-order valence-corrected chi connectivity index (χ2v) is 8.68. The van der Waals surface area contributed by atoms with E-state index >= 15 is 0 Å². The van der Waals surface area contributed by atoms with Gasteiger partial charge in [-0.2, -0.15) is 8.42 Å². The molecule has 0 aromatic heterocycles. The second-order valence-electron chi connectivity index (χ2n) is 7.11. The molecule has 1 fully saturated rings. The summed E-state index contributed by atoms with van der Waals surface area (Å²) >= 11 is 0. The summed E-state index contributed by atoms with van der Waals surface area (Å²) in [5.41, 5.74) is 0.921. The van der Waals surface area contributed by atoms with Gasteiger partial charge < -0.3 is 14.4 Å². The van der Waals surface area contributed by atoms with E-state index in [4.69, 9.17) is 4.74 Å². The zero-order chi connectivity index (χ0) is 21.3. The van der Waals surface area contributed by atoms with Gasteiger partial charge in [0.2, 0.25) is 0 Å². The molecule has 8 nitrogen and oxygen atoms in total. The number of amidine groups is 1. The van der Waals surface area contributed by atoms with E-state index in [1.807, 2.05) is 4.90 Å². The maximum atomic E-state index is 12.7. The van der Waals surface area contributed by atoms with E-state index in [2.05, 4.69) is 9.13 Å². The van der Waals surface area contributed by atoms with Crippen LogP contribution in [0.3, 0.4) is 0 Å². The number of piperidine rings is 1. The Morgan fingerprint density at radius 1 is 1.10 bits per heavy atom. The molecular weight excluding hydrogens is 408 g/mol. The highest BCUT2D eigenvalue weighted by Crippen LogP contribution is 2.30. The highest BCUT2D eigenvalue weighted by Gasteiger charge is 2.35. The third-order valence-electron chi connectivity index (χ3n) is 5.16. The lowest BCUT2D eigenvalue weighted by atomic mass is 9.97. The highest BCUT2D eigenvalue weighted by molar-refractivity contribution is 7.90. The molecule has 0 aliphatic carbocycles. The Morgan fingerprint density at radius 2 is 1.83 bits per heavy atom. The lowest BCUT2D eigenvalue weighted by molar-refractivity contribution is -0.140. The van der Waals surface area contributed by atoms with Crippen LogP contribution in [-0.4, -0.2) is 51.3 Å². The van der Waals surface area contributed by atoms with Crippen molar-refractivity contribution in [3.63, 3.8) is 0 Å². The van der Waals surface area contributed by atoms with Gasteiger partial charge in [0, 0.05) is 18.7 Å². The van der Waals surface area contributed by atoms with Crippen molar-refractivity contribution in [2.24, 2.45) is 10.3 Å². The number of benzene rings is 2. The number of esters is 2. The van der Waals surface area contributed by atoms with Crippen LogP contribution in [0.15, 0.2) is 57.8 Å². The van der Waals surface area contributed by atoms with Crippen LogP contribution in [0.5, 0.6) is 5.75 Å². The fourth-order valence-corrected chi connectivity index (χ4v) is 4.88. The van der Waals surface area contributed by atoms with Gasteiger partial charge in [-0.25, -0.2) is 4.79 Å². The van der Waals surface area contributed by atoms with Crippen molar-refractivity contribution in [3.05, 3.63) is 59.7 Å². The minimum atomic E-state index is -3.71. The molecular formula is C21H20N2O6S. The van der Waals surface area contributed by atoms with Crippen molar-refractivity contribution >= 4 is 27.8 Å². The number of sulfonamides is 1. The Balaban J connectivity index is 1.47. The maximum Gasteiger partial charge on any atom is 0.337 e. The SMILES string of the molecule is COC(=O)c1ccc(OC(=O)C2CCCN(C3=NS(=O)(=O)c4ccccc43)C2)cc1. The van der Waals surface area contributed by atoms with Crippen LogP contribution in [0, 0.1) is 5.92 Å². The predicted octanol–water partition coefficient (Wildman–Crippen LogP) is 2.24. The van der Waals surface area contributed by atoms with E-state index in [0.717, 1.165) is 0 Å². The summed E-state index contributed by atoms with van der Waals surface area (Å²) in [7, 11) is -2.42. The number of ether oxygens (including phenoxy) is 2. The molecule has 0 saturated carbocycles. The van der Waals surface area contributed by atoms with Crippen molar-refractivity contribution < 1.29 is 27.5 Å². The summed E-state index contributed by atoms with van der Waals surface area (Å²) in [5.74, 6) is -0.581. The molecule has 30 heavy (non-hydrogen) atoms. The molecule has 2 aliphatic heterocycles. The average molecular weight is 428 g/mol. The Kier molecular flexibility index (Phi) is 5.29. The number of fused-ring (bicyclic) bond motifs is 1. The van der Waals surface area contributed by atoms with Gasteiger partial charge in [-0.3, -0.25) is 4.79 Å². The largest absolute Gasteiger partial charge is 0.465 e. The minimum absolute atomic E-state index is 0.190. The fraction of sp³-hybridized carbons (Fsp3) is 0.286. The average Bonchev–Trinajstić information content (AvgIpc) is 3.05. The number of methoxy groups -OCH3 is 1. The van der Waals surface area contributed by atoms with Crippen LogP contribution in [0.2, 0.25) is 0 Å². The summed E-state index contributed by atoms with van der Waals surface area (Å²) < 4.78 is 38.7. The molecule has 156 valence electrons. The predicted molar refractivity (Wildman–Crippen MR) is 108 cm³/mol. The summed E-state index contributed by atoms with van der Waals surface area (Å²) in [5, 5.41) is 0. The molecule has 1 saturated heterocycles. The van der Waals surface area contributed by atoms with Crippen molar-refractivity contribution in [1.82, 2.24) is 4.90 Å². The molecule has 2 aromatic rings. The maximum absolute atomic E-state index is 12.7. The third-order valence-corrected chi connectivity index (χ3v) is 6.49. The second kappa shape index (κ2) is 7.91. The van der Waals surface area contributed by atoms with E-state index in [1.54, 1.807) is 18.2 Å². The molecule has 2 aromatic carbocycles. The van der Waals surface area contributed by atoms with Crippen LogP contribution in [0.1, 0.15) is 28.8 Å². The molecule has 1 atom stereocenters. The van der Waals surface area contributed by atoms with E-state index in [-0.39, 0.29) is 4.90 Å². The smallest absolute Gasteiger partial charge is 0.337 e. The van der Waals surface area contributed by atoms with Crippen LogP contribution >= 0.6 is 0 Å². The van der Waals surface area contributed by atoms with Crippen molar-refractivity contribution in [1.29, 1.82) is 0 Å². The van der Waals surface area contributed by atoms with Crippen LogP contribution in [0.25, 0.3) is 0 Å². The van der Waals surface area contributed by atoms with Gasteiger partial charge in [0.1, 0.15) is 10.6 Å². The number of rotatable bonds is 3. The quantitative estimate of drug-likeness (QED) is 0.546. The van der Waals surface area contributed by atoms with E-state index in [0.29, 0.717) is 48.6 Å². The van der Waals surface area contributed by atoms with Gasteiger partial charge in [-0.1, -0.05) is 12.1 Å². The standard InChI is InChI=1S/C21H20N2O6S/c1-28-20(24)14-8-10-16(11-9-14)29-21(25)15-5-4-12-23(13-15)19-17-6-2-3-7-18(17)30(26,27)22-19/h2-3,6-11,15H,4-5,12-13H2,1H3. The van der Waals surface area contributed by atoms with Gasteiger partial charge in [0.25, 0.3) is 10.0 Å². The minimum Gasteiger partial charge on any atom is -0.465 e. The molecule has 9 heteroatoms. The monoisotopic (exact) mass is 428 g/mol. The summed E-state index contributed by atoms with van der Waals surface area (Å²) in [6.45, 7) is 0.933. The van der Waals surface area contributed by atoms with Crippen LogP contribution in [-0.2, 0) is 19.6 Å². The lowest BCUT2D eigenvalue weighted by Gasteiger charge is -2.32. The van der Waals surface area contributed by atoms with Crippen molar-refractivity contribution in [2.75, 3.05) is 20.2 Å². The van der Waals surface area contributed by atoms with E-state index in [1.165, 1.54) is 37.4 Å². The topological polar surface area (TPSA) is 102 Å². The number of carbonyl (C=O) groups is 2. The number of carbonyl (C=O) groups excluding carboxylic acids is 2. The van der Waals surface area contributed by atoms with E-state index < -0.39 is 27.9 Å². The highest BCUT2D eigenvalue weighted by atomic mass is 32.2. The molecule has 2 aliphatic rings. The Hall–Kier alpha value is -3.20. The number of likely N-dealkylation sites (tertiary alicyclic amines) is 1. The van der Waals surface area contributed by atoms with Gasteiger partial charge in [-0.05, 0) is 49.2 Å². The van der Waals surface area contributed by atoms with Crippen LogP contribution in [0.4, 0.5) is 0 Å². The van der Waals surface area contributed by atoms with Crippen molar-refractivity contribution in [3.8, 4) is 5.75 Å². The van der Waals surface area contributed by atoms with Gasteiger partial charge >= 0.3 is 11.9 Å². The molecule has 1 unspecified atom stereocenters. The summed E-state index contributed by atoms with van der Waals surface area (Å²) in [6, 6.07) is 12.8. The zero-order valence-corrected chi connectivity index (χ0v) is 17.1. The van der Waals surface area contributed by atoms with Gasteiger partial charge in [0.05, 0.1) is 18.6 Å². The Labute approximate surface area is 174 Å². The number of hydrogen-bond donors (Lipinski definition) is 0. The Bertz CT molecular complexity index is 1120. The normalized spacial score (nSPS) is 19.6. The summed E-state index contributed by atoms with van der Waals surface area (Å²) in [6.07, 6.45) is 1.35. The first-order valence-corrected chi connectivity index (χ1v) is 10.9. The van der Waals surface area contributed by atoms with Gasteiger partial charge in [-0.15, -0.1) is 4.40 Å². The molecule has 0 bridgehead atoms. The molecule has 0 radical (unpaired) electrons. The van der Waals surface area contributed by atoms with E-state index in [9.17, 15) is 18.0 Å². The number of nitrogens with zero attached hydrogens (tertiary/aromatic N) is 2.